The molecular formula is C14H26N2S. The van der Waals surface area contributed by atoms with Crippen LogP contribution in [0.3, 0.4) is 0 Å². The van der Waals surface area contributed by atoms with Crippen LogP contribution in [0.4, 0.5) is 0 Å². The van der Waals surface area contributed by atoms with Crippen molar-refractivity contribution in [1.82, 2.24) is 10.6 Å². The van der Waals surface area contributed by atoms with Crippen molar-refractivity contribution in [3.63, 3.8) is 0 Å². The van der Waals surface area contributed by atoms with E-state index in [0.717, 1.165) is 19.6 Å². The minimum atomic E-state index is 0.251. The van der Waals surface area contributed by atoms with E-state index in [1.807, 2.05) is 18.4 Å². The molecule has 0 fully saturated rings. The number of thiophene rings is 1. The molecule has 0 aliphatic heterocycles. The van der Waals surface area contributed by atoms with E-state index in [1.54, 1.807) is 0 Å². The summed E-state index contributed by atoms with van der Waals surface area (Å²) in [6, 6.07) is 2.22. The van der Waals surface area contributed by atoms with Gasteiger partial charge in [0.25, 0.3) is 0 Å². The molecule has 0 amide bonds. The van der Waals surface area contributed by atoms with Crippen LogP contribution in [0.1, 0.15) is 37.1 Å². The monoisotopic (exact) mass is 254 g/mol. The molecular weight excluding hydrogens is 228 g/mol. The highest BCUT2D eigenvalue weighted by Gasteiger charge is 2.22. The summed E-state index contributed by atoms with van der Waals surface area (Å²) in [6.45, 7) is 10.2. The first kappa shape index (κ1) is 14.7. The zero-order chi connectivity index (χ0) is 12.7. The van der Waals surface area contributed by atoms with Crippen molar-refractivity contribution in [3.8, 4) is 0 Å². The maximum absolute atomic E-state index is 3.58. The van der Waals surface area contributed by atoms with Gasteiger partial charge >= 0.3 is 0 Å². The van der Waals surface area contributed by atoms with Crippen LogP contribution in [-0.4, -0.2) is 26.7 Å². The molecule has 1 heterocycles. The van der Waals surface area contributed by atoms with E-state index in [0.29, 0.717) is 0 Å². The topological polar surface area (TPSA) is 24.1 Å². The lowest BCUT2D eigenvalue weighted by Crippen LogP contribution is -2.33. The molecule has 3 heteroatoms. The molecule has 0 aliphatic rings. The third-order valence-corrected chi connectivity index (χ3v) is 4.46. The highest BCUT2D eigenvalue weighted by molar-refractivity contribution is 7.10. The molecule has 0 atom stereocenters. The second-order valence-corrected chi connectivity index (χ2v) is 6.22. The molecule has 0 unspecified atom stereocenters. The molecule has 0 aromatic carbocycles. The van der Waals surface area contributed by atoms with Gasteiger partial charge < -0.3 is 10.6 Å². The van der Waals surface area contributed by atoms with Crippen LogP contribution >= 0.6 is 11.3 Å². The molecule has 2 N–H and O–H groups in total. The lowest BCUT2D eigenvalue weighted by Gasteiger charge is -2.25. The number of unbranched alkanes of at least 4 members (excludes halogenated alkanes) is 1. The molecule has 2 nitrogen and oxygen atoms in total. The molecule has 0 saturated heterocycles. The molecule has 0 bridgehead atoms. The summed E-state index contributed by atoms with van der Waals surface area (Å²) in [6.07, 6.45) is 2.50. The Morgan fingerprint density at radius 2 is 1.94 bits per heavy atom. The zero-order valence-electron chi connectivity index (χ0n) is 11.6. The molecule has 0 spiro atoms. The minimum absolute atomic E-state index is 0.251. The van der Waals surface area contributed by atoms with Gasteiger partial charge in [0.1, 0.15) is 0 Å². The first-order valence-electron chi connectivity index (χ1n) is 6.48. The fraction of sp³-hybridized carbons (Fsp3) is 0.714. The summed E-state index contributed by atoms with van der Waals surface area (Å²) in [7, 11) is 2.01. The molecule has 0 aliphatic carbocycles. The lowest BCUT2D eigenvalue weighted by molar-refractivity contribution is 0.468. The highest BCUT2D eigenvalue weighted by Crippen LogP contribution is 2.30. The van der Waals surface area contributed by atoms with Crippen LogP contribution in [0.15, 0.2) is 11.4 Å². The Balaban J connectivity index is 2.28. The smallest absolute Gasteiger partial charge is 0.0143 e. The molecule has 17 heavy (non-hydrogen) atoms. The molecule has 1 rings (SSSR count). The van der Waals surface area contributed by atoms with Gasteiger partial charge in [-0.05, 0) is 56.9 Å². The van der Waals surface area contributed by atoms with Crippen molar-refractivity contribution in [2.45, 2.75) is 39.0 Å². The minimum Gasteiger partial charge on any atom is -0.320 e. The van der Waals surface area contributed by atoms with E-state index >= 15 is 0 Å². The normalized spacial score (nSPS) is 12.0. The predicted molar refractivity (Wildman–Crippen MR) is 78.1 cm³/mol. The van der Waals surface area contributed by atoms with Gasteiger partial charge in [-0.3, -0.25) is 0 Å². The average molecular weight is 254 g/mol. The lowest BCUT2D eigenvalue weighted by atomic mass is 9.89. The van der Waals surface area contributed by atoms with E-state index in [2.05, 4.69) is 42.9 Å². The summed E-state index contributed by atoms with van der Waals surface area (Å²) in [4.78, 5) is 1.51. The van der Waals surface area contributed by atoms with Crippen LogP contribution in [-0.2, 0) is 5.41 Å². The van der Waals surface area contributed by atoms with Crippen LogP contribution in [0.2, 0.25) is 0 Å². The van der Waals surface area contributed by atoms with Crippen LogP contribution < -0.4 is 10.6 Å². The third-order valence-electron chi connectivity index (χ3n) is 3.07. The Hall–Kier alpha value is -0.380. The number of nitrogens with one attached hydrogen (secondary N) is 2. The Labute approximate surface area is 110 Å². The summed E-state index contributed by atoms with van der Waals surface area (Å²) >= 11 is 1.88. The largest absolute Gasteiger partial charge is 0.320 e. The van der Waals surface area contributed by atoms with E-state index in [9.17, 15) is 0 Å². The van der Waals surface area contributed by atoms with Gasteiger partial charge in [-0.15, -0.1) is 11.3 Å². The predicted octanol–water partition coefficient (Wildman–Crippen LogP) is 2.92. The van der Waals surface area contributed by atoms with Gasteiger partial charge in [-0.25, -0.2) is 0 Å². The van der Waals surface area contributed by atoms with E-state index < -0.39 is 0 Å². The standard InChI is InChI=1S/C14H26N2S/c1-12-7-10-17-13(12)14(2,3)11-16-9-6-5-8-15-4/h7,10,15-16H,5-6,8-9,11H2,1-4H3. The quantitative estimate of drug-likeness (QED) is 0.697. The SMILES string of the molecule is CNCCCCNCC(C)(C)c1sccc1C. The number of aryl methyl sites for hydroxylation is 1. The van der Waals surface area contributed by atoms with Crippen molar-refractivity contribution < 1.29 is 0 Å². The van der Waals surface area contributed by atoms with E-state index in [4.69, 9.17) is 0 Å². The Morgan fingerprint density at radius 3 is 2.53 bits per heavy atom. The van der Waals surface area contributed by atoms with Crippen LogP contribution in [0.25, 0.3) is 0 Å². The van der Waals surface area contributed by atoms with E-state index in [-0.39, 0.29) is 5.41 Å². The number of hydrogen-bond acceptors (Lipinski definition) is 3. The maximum Gasteiger partial charge on any atom is 0.0143 e. The first-order chi connectivity index (χ1) is 8.08. The molecule has 0 saturated carbocycles. The summed E-state index contributed by atoms with van der Waals surface area (Å²) in [5.41, 5.74) is 1.68. The molecule has 0 radical (unpaired) electrons. The number of rotatable bonds is 8. The Kier molecular flexibility index (Phi) is 6.17. The van der Waals surface area contributed by atoms with Crippen molar-refractivity contribution in [2.24, 2.45) is 0 Å². The van der Waals surface area contributed by atoms with Gasteiger partial charge in [0.2, 0.25) is 0 Å². The zero-order valence-corrected chi connectivity index (χ0v) is 12.4. The van der Waals surface area contributed by atoms with Gasteiger partial charge in [0.05, 0.1) is 0 Å². The second-order valence-electron chi connectivity index (χ2n) is 5.30. The number of hydrogen-bond donors (Lipinski definition) is 2. The van der Waals surface area contributed by atoms with Gasteiger partial charge in [-0.2, -0.15) is 0 Å². The van der Waals surface area contributed by atoms with Gasteiger partial charge in [0, 0.05) is 16.8 Å². The van der Waals surface area contributed by atoms with Crippen LogP contribution in [0.5, 0.6) is 0 Å². The van der Waals surface area contributed by atoms with Crippen molar-refractivity contribution in [2.75, 3.05) is 26.7 Å². The molecule has 1 aromatic heterocycles. The summed E-state index contributed by atoms with van der Waals surface area (Å²) < 4.78 is 0. The fourth-order valence-corrected chi connectivity index (χ4v) is 3.15. The average Bonchev–Trinajstić information content (AvgIpc) is 2.70. The van der Waals surface area contributed by atoms with Gasteiger partial charge in [0.15, 0.2) is 0 Å². The molecule has 98 valence electrons. The molecule has 1 aromatic rings. The van der Waals surface area contributed by atoms with Crippen LogP contribution in [0, 0.1) is 6.92 Å². The van der Waals surface area contributed by atoms with Crippen molar-refractivity contribution in [3.05, 3.63) is 21.9 Å². The summed E-state index contributed by atoms with van der Waals surface area (Å²) in [5.74, 6) is 0. The van der Waals surface area contributed by atoms with Crippen molar-refractivity contribution in [1.29, 1.82) is 0 Å². The fourth-order valence-electron chi connectivity index (χ4n) is 2.10. The second kappa shape index (κ2) is 7.14. The highest BCUT2D eigenvalue weighted by atomic mass is 32.1. The summed E-state index contributed by atoms with van der Waals surface area (Å²) in [5, 5.41) is 8.95. The van der Waals surface area contributed by atoms with Crippen molar-refractivity contribution >= 4 is 11.3 Å². The van der Waals surface area contributed by atoms with Gasteiger partial charge in [-0.1, -0.05) is 13.8 Å². The Bertz CT molecular complexity index is 318. The van der Waals surface area contributed by atoms with E-state index in [1.165, 1.54) is 23.3 Å². The Morgan fingerprint density at radius 1 is 1.24 bits per heavy atom. The third kappa shape index (κ3) is 4.78. The first-order valence-corrected chi connectivity index (χ1v) is 7.36. The maximum atomic E-state index is 3.58.